The summed E-state index contributed by atoms with van der Waals surface area (Å²) >= 11 is 0. The molecule has 2 N–H and O–H groups in total. The van der Waals surface area contributed by atoms with Crippen LogP contribution >= 0.6 is 0 Å². The lowest BCUT2D eigenvalue weighted by atomic mass is 10.1. The quantitative estimate of drug-likeness (QED) is 0.671. The summed E-state index contributed by atoms with van der Waals surface area (Å²) in [7, 11) is 0. The highest BCUT2D eigenvalue weighted by molar-refractivity contribution is 5.90. The number of nitrogens with two attached hydrogens (primary N) is 1. The molecule has 1 aliphatic heterocycles. The van der Waals surface area contributed by atoms with E-state index in [0.717, 1.165) is 12.1 Å². The smallest absolute Gasteiger partial charge is 0.416 e. The third-order valence-corrected chi connectivity index (χ3v) is 2.96. The van der Waals surface area contributed by atoms with Gasteiger partial charge in [-0.3, -0.25) is 0 Å². The Morgan fingerprint density at radius 3 is 2.50 bits per heavy atom. The number of rotatable bonds is 2. The molecule has 110 valence electrons. The molecular formula is C13H14F3NO3. The number of benzene rings is 1. The lowest BCUT2D eigenvalue weighted by Crippen LogP contribution is -2.26. The van der Waals surface area contributed by atoms with Crippen LogP contribution in [0, 0.1) is 0 Å². The van der Waals surface area contributed by atoms with Crippen LogP contribution in [0.15, 0.2) is 18.2 Å². The van der Waals surface area contributed by atoms with Crippen LogP contribution in [0.4, 0.5) is 18.9 Å². The van der Waals surface area contributed by atoms with Gasteiger partial charge in [-0.15, -0.1) is 0 Å². The van der Waals surface area contributed by atoms with Gasteiger partial charge in [0.15, 0.2) is 0 Å². The Bertz CT molecular complexity index is 496. The van der Waals surface area contributed by atoms with E-state index >= 15 is 0 Å². The Morgan fingerprint density at radius 1 is 1.25 bits per heavy atom. The zero-order chi connectivity index (χ0) is 14.8. The molecule has 4 nitrogen and oxygen atoms in total. The van der Waals surface area contributed by atoms with Crippen LogP contribution in [-0.2, 0) is 15.7 Å². The highest BCUT2D eigenvalue weighted by Crippen LogP contribution is 2.31. The third-order valence-electron chi connectivity index (χ3n) is 2.96. The van der Waals surface area contributed by atoms with E-state index < -0.39 is 17.7 Å². The van der Waals surface area contributed by atoms with Crippen molar-refractivity contribution in [2.24, 2.45) is 0 Å². The molecule has 1 aromatic rings. The van der Waals surface area contributed by atoms with Gasteiger partial charge in [-0.25, -0.2) is 4.79 Å². The standard InChI is InChI=1S/C13H14F3NO3/c14-13(15,16)9-5-8(6-10(17)7-9)12(18)20-11-1-3-19-4-2-11/h5-7,11H,1-4,17H2. The highest BCUT2D eigenvalue weighted by atomic mass is 19.4. The van der Waals surface area contributed by atoms with E-state index in [1.165, 1.54) is 6.07 Å². The number of nitrogen functional groups attached to an aromatic ring is 1. The molecule has 0 unspecified atom stereocenters. The van der Waals surface area contributed by atoms with E-state index in [1.54, 1.807) is 0 Å². The number of halogens is 3. The summed E-state index contributed by atoms with van der Waals surface area (Å²) in [5.74, 6) is -0.797. The van der Waals surface area contributed by atoms with E-state index in [2.05, 4.69) is 0 Å². The molecule has 0 spiro atoms. The number of hydrogen-bond donors (Lipinski definition) is 1. The molecular weight excluding hydrogens is 275 g/mol. The van der Waals surface area contributed by atoms with Crippen LogP contribution in [0.1, 0.15) is 28.8 Å². The van der Waals surface area contributed by atoms with Crippen molar-refractivity contribution in [3.05, 3.63) is 29.3 Å². The van der Waals surface area contributed by atoms with Crippen molar-refractivity contribution in [1.82, 2.24) is 0 Å². The van der Waals surface area contributed by atoms with Crippen molar-refractivity contribution in [3.8, 4) is 0 Å². The molecule has 1 aliphatic rings. The number of carbonyl (C=O) groups excluding carboxylic acids is 1. The number of esters is 1. The Balaban J connectivity index is 2.14. The maximum atomic E-state index is 12.6. The number of hydrogen-bond acceptors (Lipinski definition) is 4. The first kappa shape index (κ1) is 14.6. The topological polar surface area (TPSA) is 61.6 Å². The van der Waals surface area contributed by atoms with Crippen molar-refractivity contribution in [3.63, 3.8) is 0 Å². The molecule has 1 heterocycles. The van der Waals surface area contributed by atoms with Gasteiger partial charge >= 0.3 is 12.1 Å². The Morgan fingerprint density at radius 2 is 1.90 bits per heavy atom. The maximum absolute atomic E-state index is 12.6. The Hall–Kier alpha value is -1.76. The fourth-order valence-corrected chi connectivity index (χ4v) is 1.95. The molecule has 0 aliphatic carbocycles. The molecule has 0 radical (unpaired) electrons. The van der Waals surface area contributed by atoms with Crippen LogP contribution in [0.3, 0.4) is 0 Å². The first-order valence-electron chi connectivity index (χ1n) is 6.13. The first-order chi connectivity index (χ1) is 9.36. The average molecular weight is 289 g/mol. The van der Waals surface area contributed by atoms with E-state index in [9.17, 15) is 18.0 Å². The summed E-state index contributed by atoms with van der Waals surface area (Å²) in [5.41, 5.74) is 4.12. The fourth-order valence-electron chi connectivity index (χ4n) is 1.95. The summed E-state index contributed by atoms with van der Waals surface area (Å²) < 4.78 is 48.2. The van der Waals surface area contributed by atoms with Gasteiger partial charge in [-0.05, 0) is 18.2 Å². The first-order valence-corrected chi connectivity index (χ1v) is 6.13. The SMILES string of the molecule is Nc1cc(C(=O)OC2CCOCC2)cc(C(F)(F)F)c1. The Labute approximate surface area is 113 Å². The van der Waals surface area contributed by atoms with Crippen molar-refractivity contribution in [1.29, 1.82) is 0 Å². The number of ether oxygens (including phenoxy) is 2. The van der Waals surface area contributed by atoms with Crippen molar-refractivity contribution < 1.29 is 27.4 Å². The van der Waals surface area contributed by atoms with Gasteiger partial charge in [-0.2, -0.15) is 13.2 Å². The van der Waals surface area contributed by atoms with E-state index in [4.69, 9.17) is 15.2 Å². The summed E-state index contributed by atoms with van der Waals surface area (Å²) in [6, 6.07) is 2.71. The second kappa shape index (κ2) is 5.70. The molecule has 1 fully saturated rings. The zero-order valence-electron chi connectivity index (χ0n) is 10.6. The van der Waals surface area contributed by atoms with Gasteiger partial charge in [0, 0.05) is 18.5 Å². The van der Waals surface area contributed by atoms with Crippen LogP contribution in [0.25, 0.3) is 0 Å². The number of carbonyl (C=O) groups is 1. The van der Waals surface area contributed by atoms with E-state index in [1.807, 2.05) is 0 Å². The number of anilines is 1. The van der Waals surface area contributed by atoms with Gasteiger partial charge in [0.25, 0.3) is 0 Å². The minimum absolute atomic E-state index is 0.126. The Kier molecular flexibility index (Phi) is 4.17. The van der Waals surface area contributed by atoms with Gasteiger partial charge in [0.1, 0.15) is 6.10 Å². The fraction of sp³-hybridized carbons (Fsp3) is 0.462. The molecule has 0 saturated carbocycles. The predicted octanol–water partition coefficient (Wildman–Crippen LogP) is 2.62. The molecule has 7 heteroatoms. The predicted molar refractivity (Wildman–Crippen MR) is 65.1 cm³/mol. The second-order valence-electron chi connectivity index (χ2n) is 4.56. The maximum Gasteiger partial charge on any atom is 0.416 e. The van der Waals surface area contributed by atoms with Gasteiger partial charge < -0.3 is 15.2 Å². The summed E-state index contributed by atoms with van der Waals surface area (Å²) in [4.78, 5) is 11.9. The monoisotopic (exact) mass is 289 g/mol. The number of alkyl halides is 3. The lowest BCUT2D eigenvalue weighted by molar-refractivity contribution is -0.137. The lowest BCUT2D eigenvalue weighted by Gasteiger charge is -2.22. The molecule has 2 rings (SSSR count). The van der Waals surface area contributed by atoms with Crippen LogP contribution in [0.5, 0.6) is 0 Å². The zero-order valence-corrected chi connectivity index (χ0v) is 10.6. The summed E-state index contributed by atoms with van der Waals surface area (Å²) in [5, 5.41) is 0. The van der Waals surface area contributed by atoms with Crippen LogP contribution < -0.4 is 5.73 Å². The minimum Gasteiger partial charge on any atom is -0.459 e. The van der Waals surface area contributed by atoms with Crippen molar-refractivity contribution in [2.45, 2.75) is 25.1 Å². The van der Waals surface area contributed by atoms with E-state index in [0.29, 0.717) is 26.1 Å². The normalized spacial score (nSPS) is 16.9. The van der Waals surface area contributed by atoms with E-state index in [-0.39, 0.29) is 17.4 Å². The molecule has 0 bridgehead atoms. The van der Waals surface area contributed by atoms with Crippen molar-refractivity contribution in [2.75, 3.05) is 18.9 Å². The molecule has 1 saturated heterocycles. The van der Waals surface area contributed by atoms with Gasteiger partial charge in [0.05, 0.1) is 24.3 Å². The average Bonchev–Trinajstić information content (AvgIpc) is 2.38. The molecule has 1 aromatic carbocycles. The molecule has 0 amide bonds. The van der Waals surface area contributed by atoms with Gasteiger partial charge in [0.2, 0.25) is 0 Å². The van der Waals surface area contributed by atoms with Gasteiger partial charge in [-0.1, -0.05) is 0 Å². The largest absolute Gasteiger partial charge is 0.459 e. The van der Waals surface area contributed by atoms with Crippen LogP contribution in [0.2, 0.25) is 0 Å². The van der Waals surface area contributed by atoms with Crippen LogP contribution in [-0.4, -0.2) is 25.3 Å². The minimum atomic E-state index is -4.55. The second-order valence-corrected chi connectivity index (χ2v) is 4.56. The summed E-state index contributed by atoms with van der Waals surface area (Å²) in [6.07, 6.45) is -3.80. The van der Waals surface area contributed by atoms with Crippen molar-refractivity contribution >= 4 is 11.7 Å². The summed E-state index contributed by atoms with van der Waals surface area (Å²) in [6.45, 7) is 0.950. The molecule has 20 heavy (non-hydrogen) atoms. The third kappa shape index (κ3) is 3.63. The highest BCUT2D eigenvalue weighted by Gasteiger charge is 2.32. The molecule has 0 atom stereocenters. The molecule has 0 aromatic heterocycles.